The van der Waals surface area contributed by atoms with Gasteiger partial charge in [0.1, 0.15) is 0 Å². The molecule has 0 unspecified atom stereocenters. The van der Waals surface area contributed by atoms with E-state index >= 15 is 0 Å². The number of carbonyl (C=O) groups excluding carboxylic acids is 1. The van der Waals surface area contributed by atoms with Gasteiger partial charge in [-0.3, -0.25) is 4.79 Å². The highest BCUT2D eigenvalue weighted by Gasteiger charge is 2.16. The van der Waals surface area contributed by atoms with Crippen LogP contribution in [0.1, 0.15) is 10.4 Å². The maximum Gasteiger partial charge on any atom is 0.512 e. The molecule has 17 heavy (non-hydrogen) atoms. The number of rotatable bonds is 3. The van der Waals surface area contributed by atoms with Crippen LogP contribution in [0.3, 0.4) is 0 Å². The molecule has 1 heterocycles. The average molecular weight is 242 g/mol. The van der Waals surface area contributed by atoms with E-state index in [4.69, 9.17) is 15.9 Å². The number of carboxylic acid groups (broad SMARTS) is 2. The number of pyridine rings is 1. The Bertz CT molecular complexity index is 485. The second-order valence-electron chi connectivity index (χ2n) is 2.63. The van der Waals surface area contributed by atoms with Crippen LogP contribution in [0.5, 0.6) is 11.6 Å². The fraction of sp³-hybridized carbons (Fsp3) is 0. The SMILES string of the molecule is NC(=O)c1cnc(OC(=O)O)c(OC(=O)O)c1. The van der Waals surface area contributed by atoms with E-state index in [9.17, 15) is 14.4 Å². The first-order chi connectivity index (χ1) is 7.90. The molecule has 0 aliphatic rings. The average Bonchev–Trinajstić information content (AvgIpc) is 2.18. The molecule has 0 atom stereocenters. The summed E-state index contributed by atoms with van der Waals surface area (Å²) in [6.45, 7) is 0. The summed E-state index contributed by atoms with van der Waals surface area (Å²) in [5.74, 6) is -2.03. The molecule has 90 valence electrons. The van der Waals surface area contributed by atoms with Gasteiger partial charge in [0.05, 0.1) is 5.56 Å². The maximum absolute atomic E-state index is 10.8. The lowest BCUT2D eigenvalue weighted by Gasteiger charge is -2.06. The molecule has 1 rings (SSSR count). The van der Waals surface area contributed by atoms with Gasteiger partial charge < -0.3 is 25.4 Å². The normalized spacial score (nSPS) is 9.41. The molecule has 0 aliphatic heterocycles. The third kappa shape index (κ3) is 3.34. The van der Waals surface area contributed by atoms with E-state index in [0.717, 1.165) is 12.3 Å². The molecular weight excluding hydrogens is 236 g/mol. The second kappa shape index (κ2) is 4.79. The van der Waals surface area contributed by atoms with Crippen molar-refractivity contribution in [1.29, 1.82) is 0 Å². The molecule has 1 amide bonds. The molecule has 0 saturated carbocycles. The minimum absolute atomic E-state index is 0.154. The highest BCUT2D eigenvalue weighted by molar-refractivity contribution is 5.93. The van der Waals surface area contributed by atoms with Gasteiger partial charge in [0, 0.05) is 12.3 Å². The Morgan fingerprint density at radius 3 is 2.24 bits per heavy atom. The predicted octanol–water partition coefficient (Wildman–Crippen LogP) is 0.294. The molecule has 0 aromatic carbocycles. The third-order valence-corrected chi connectivity index (χ3v) is 1.48. The number of primary amides is 1. The molecule has 0 spiro atoms. The maximum atomic E-state index is 10.8. The van der Waals surface area contributed by atoms with E-state index in [1.807, 2.05) is 0 Å². The first kappa shape index (κ1) is 12.2. The second-order valence-corrected chi connectivity index (χ2v) is 2.63. The Balaban J connectivity index is 3.15. The summed E-state index contributed by atoms with van der Waals surface area (Å²) in [4.78, 5) is 34.8. The fourth-order valence-corrected chi connectivity index (χ4v) is 0.893. The summed E-state index contributed by atoms with van der Waals surface area (Å²) >= 11 is 0. The molecule has 0 saturated heterocycles. The van der Waals surface area contributed by atoms with Gasteiger partial charge in [0.25, 0.3) is 5.88 Å². The van der Waals surface area contributed by atoms with Crippen molar-refractivity contribution in [1.82, 2.24) is 4.98 Å². The van der Waals surface area contributed by atoms with Crippen LogP contribution in [0.15, 0.2) is 12.3 Å². The number of hydrogen-bond donors (Lipinski definition) is 3. The quantitative estimate of drug-likeness (QED) is 0.640. The van der Waals surface area contributed by atoms with Crippen molar-refractivity contribution < 1.29 is 34.1 Å². The zero-order valence-corrected chi connectivity index (χ0v) is 8.11. The molecule has 9 heteroatoms. The molecule has 4 N–H and O–H groups in total. The summed E-state index contributed by atoms with van der Waals surface area (Å²) in [5.41, 5.74) is 4.77. The Hall–Kier alpha value is -2.84. The lowest BCUT2D eigenvalue weighted by Crippen LogP contribution is -2.14. The molecule has 9 nitrogen and oxygen atoms in total. The monoisotopic (exact) mass is 242 g/mol. The van der Waals surface area contributed by atoms with E-state index in [2.05, 4.69) is 14.5 Å². The van der Waals surface area contributed by atoms with Crippen LogP contribution < -0.4 is 15.2 Å². The number of hydrogen-bond acceptors (Lipinski definition) is 6. The zero-order valence-electron chi connectivity index (χ0n) is 8.11. The van der Waals surface area contributed by atoms with E-state index in [1.165, 1.54) is 0 Å². The molecular formula is C8H6N2O7. The van der Waals surface area contributed by atoms with Crippen molar-refractivity contribution >= 4 is 18.2 Å². The Morgan fingerprint density at radius 2 is 1.76 bits per heavy atom. The van der Waals surface area contributed by atoms with Gasteiger partial charge in [-0.15, -0.1) is 0 Å². The van der Waals surface area contributed by atoms with Crippen molar-refractivity contribution in [2.24, 2.45) is 5.73 Å². The molecule has 0 fully saturated rings. The number of carbonyl (C=O) groups is 3. The van der Waals surface area contributed by atoms with E-state index in [-0.39, 0.29) is 5.56 Å². The zero-order chi connectivity index (χ0) is 13.0. The molecule has 1 aromatic rings. The third-order valence-electron chi connectivity index (χ3n) is 1.48. The van der Waals surface area contributed by atoms with Crippen LogP contribution in [0.25, 0.3) is 0 Å². The number of aromatic nitrogens is 1. The Labute approximate surface area is 93.4 Å². The highest BCUT2D eigenvalue weighted by Crippen LogP contribution is 2.25. The van der Waals surface area contributed by atoms with Gasteiger partial charge in [-0.1, -0.05) is 0 Å². The largest absolute Gasteiger partial charge is 0.512 e. The molecule has 0 radical (unpaired) electrons. The number of ether oxygens (including phenoxy) is 2. The van der Waals surface area contributed by atoms with Crippen LogP contribution in [0, 0.1) is 0 Å². The first-order valence-corrected chi connectivity index (χ1v) is 4.01. The van der Waals surface area contributed by atoms with Crippen molar-refractivity contribution in [2.45, 2.75) is 0 Å². The van der Waals surface area contributed by atoms with Gasteiger partial charge in [-0.25, -0.2) is 14.6 Å². The highest BCUT2D eigenvalue weighted by atomic mass is 16.7. The van der Waals surface area contributed by atoms with Crippen molar-refractivity contribution in [3.63, 3.8) is 0 Å². The van der Waals surface area contributed by atoms with Crippen LogP contribution in [-0.2, 0) is 0 Å². The summed E-state index contributed by atoms with van der Waals surface area (Å²) in [6.07, 6.45) is -2.50. The standard InChI is InChI=1S/C8H6N2O7/c9-5(11)3-1-4(16-7(12)13)6(10-2-3)17-8(14)15/h1-2H,(H2,9,11)(H,12,13)(H,14,15). The minimum atomic E-state index is -1.72. The summed E-state index contributed by atoms with van der Waals surface area (Å²) in [5, 5.41) is 16.7. The smallest absolute Gasteiger partial charge is 0.449 e. The van der Waals surface area contributed by atoms with Crippen molar-refractivity contribution in [2.75, 3.05) is 0 Å². The van der Waals surface area contributed by atoms with E-state index in [0.29, 0.717) is 0 Å². The van der Waals surface area contributed by atoms with Crippen LogP contribution >= 0.6 is 0 Å². The lowest BCUT2D eigenvalue weighted by atomic mass is 10.2. The molecule has 0 aliphatic carbocycles. The van der Waals surface area contributed by atoms with Gasteiger partial charge in [-0.05, 0) is 0 Å². The minimum Gasteiger partial charge on any atom is -0.449 e. The fourth-order valence-electron chi connectivity index (χ4n) is 0.893. The number of nitrogens with zero attached hydrogens (tertiary/aromatic N) is 1. The topological polar surface area (TPSA) is 149 Å². The lowest BCUT2D eigenvalue weighted by molar-refractivity contribution is 0.0998. The Kier molecular flexibility index (Phi) is 3.44. The van der Waals surface area contributed by atoms with E-state index in [1.54, 1.807) is 0 Å². The molecule has 0 bridgehead atoms. The molecule has 1 aromatic heterocycles. The van der Waals surface area contributed by atoms with Crippen LogP contribution in [0.4, 0.5) is 9.59 Å². The number of amides is 1. The summed E-state index contributed by atoms with van der Waals surface area (Å²) < 4.78 is 8.34. The van der Waals surface area contributed by atoms with Crippen LogP contribution in [0.2, 0.25) is 0 Å². The first-order valence-electron chi connectivity index (χ1n) is 4.01. The number of nitrogens with two attached hydrogens (primary N) is 1. The van der Waals surface area contributed by atoms with Gasteiger partial charge in [0.15, 0.2) is 5.75 Å². The van der Waals surface area contributed by atoms with E-state index < -0.39 is 29.8 Å². The summed E-state index contributed by atoms with van der Waals surface area (Å²) in [6, 6.07) is 0.904. The van der Waals surface area contributed by atoms with Gasteiger partial charge >= 0.3 is 12.3 Å². The Morgan fingerprint density at radius 1 is 1.18 bits per heavy atom. The predicted molar refractivity (Wildman–Crippen MR) is 50.1 cm³/mol. The summed E-state index contributed by atoms with van der Waals surface area (Å²) in [7, 11) is 0. The van der Waals surface area contributed by atoms with Crippen molar-refractivity contribution in [3.05, 3.63) is 17.8 Å². The van der Waals surface area contributed by atoms with Crippen molar-refractivity contribution in [3.8, 4) is 11.6 Å². The van der Waals surface area contributed by atoms with Crippen LogP contribution in [-0.4, -0.2) is 33.4 Å². The van der Waals surface area contributed by atoms with Gasteiger partial charge in [-0.2, -0.15) is 0 Å². The van der Waals surface area contributed by atoms with Gasteiger partial charge in [0.2, 0.25) is 5.91 Å².